The van der Waals surface area contributed by atoms with Crippen molar-refractivity contribution in [2.24, 2.45) is 0 Å². The maximum Gasteiger partial charge on any atom is 0.179 e. The van der Waals surface area contributed by atoms with Gasteiger partial charge in [-0.15, -0.1) is 0 Å². The van der Waals surface area contributed by atoms with E-state index in [0.717, 1.165) is 0 Å². The maximum absolute atomic E-state index is 2.72. The molecule has 0 unspecified atom stereocenters. The molecule has 0 spiro atoms. The molecule has 0 aromatic heterocycles. The van der Waals surface area contributed by atoms with Gasteiger partial charge in [0.2, 0.25) is 0 Å². The molecule has 0 saturated carbocycles. The van der Waals surface area contributed by atoms with E-state index in [9.17, 15) is 0 Å². The average Bonchev–Trinajstić information content (AvgIpc) is 3.27. The number of rotatable bonds is 7. The first-order valence-corrected chi connectivity index (χ1v) is 21.1. The Labute approximate surface area is 323 Å². The van der Waals surface area contributed by atoms with Gasteiger partial charge < -0.3 is 0 Å². The normalized spacial score (nSPS) is 11.6. The van der Waals surface area contributed by atoms with Gasteiger partial charge in [0.25, 0.3) is 0 Å². The van der Waals surface area contributed by atoms with Crippen LogP contribution in [0.3, 0.4) is 0 Å². The number of benzene rings is 10. The Kier molecular flexibility index (Phi) is 8.28. The fraction of sp³-hybridized carbons (Fsp3) is 0. The molecule has 0 nitrogen and oxygen atoms in total. The van der Waals surface area contributed by atoms with Gasteiger partial charge in [-0.1, -0.05) is 218 Å². The zero-order valence-electron chi connectivity index (χ0n) is 30.4. The van der Waals surface area contributed by atoms with Crippen LogP contribution < -0.4 is 20.7 Å². The number of hydrogen-bond acceptors (Lipinski definition) is 0. The highest BCUT2D eigenvalue weighted by molar-refractivity contribution is 7.19. The first-order valence-electron chi connectivity index (χ1n) is 19.1. The van der Waals surface area contributed by atoms with Gasteiger partial charge in [-0.2, -0.15) is 0 Å². The van der Waals surface area contributed by atoms with Gasteiger partial charge in [-0.25, -0.2) is 0 Å². The lowest BCUT2D eigenvalue weighted by Crippen LogP contribution is -2.74. The van der Waals surface area contributed by atoms with Crippen molar-refractivity contribution in [2.75, 3.05) is 0 Å². The van der Waals surface area contributed by atoms with Gasteiger partial charge in [0, 0.05) is 0 Å². The predicted molar refractivity (Wildman–Crippen MR) is 239 cm³/mol. The summed E-state index contributed by atoms with van der Waals surface area (Å²) in [6.07, 6.45) is 0. The van der Waals surface area contributed by atoms with Crippen molar-refractivity contribution in [1.82, 2.24) is 0 Å². The van der Waals surface area contributed by atoms with Gasteiger partial charge in [0.1, 0.15) is 0 Å². The topological polar surface area (TPSA) is 0 Å². The second kappa shape index (κ2) is 13.9. The number of hydrogen-bond donors (Lipinski definition) is 0. The van der Waals surface area contributed by atoms with Gasteiger partial charge in [-0.3, -0.25) is 0 Å². The third-order valence-corrected chi connectivity index (χ3v) is 16.1. The van der Waals surface area contributed by atoms with Crippen LogP contribution in [0.25, 0.3) is 65.7 Å². The third-order valence-electron chi connectivity index (χ3n) is 11.4. The van der Waals surface area contributed by atoms with Crippen molar-refractivity contribution in [3.05, 3.63) is 231 Å². The molecule has 0 atom stereocenters. The van der Waals surface area contributed by atoms with E-state index in [2.05, 4.69) is 231 Å². The lowest BCUT2D eigenvalue weighted by atomic mass is 9.85. The molecule has 10 aromatic rings. The second-order valence-corrected chi connectivity index (χ2v) is 18.2. The van der Waals surface area contributed by atoms with Crippen LogP contribution in [0.1, 0.15) is 0 Å². The van der Waals surface area contributed by atoms with Gasteiger partial charge in [0.05, 0.1) is 0 Å². The van der Waals surface area contributed by atoms with Crippen LogP contribution in [0.2, 0.25) is 0 Å². The van der Waals surface area contributed by atoms with E-state index >= 15 is 0 Å². The minimum atomic E-state index is -2.72. The van der Waals surface area contributed by atoms with Crippen LogP contribution in [-0.2, 0) is 0 Å². The van der Waals surface area contributed by atoms with Crippen molar-refractivity contribution in [1.29, 1.82) is 0 Å². The van der Waals surface area contributed by atoms with Gasteiger partial charge >= 0.3 is 0 Å². The summed E-state index contributed by atoms with van der Waals surface area (Å²) < 4.78 is 0. The summed E-state index contributed by atoms with van der Waals surface area (Å²) in [6.45, 7) is 0. The molecule has 0 bridgehead atoms. The average molecular weight is 715 g/mol. The molecular weight excluding hydrogens is 677 g/mol. The third kappa shape index (κ3) is 5.60. The zero-order valence-corrected chi connectivity index (χ0v) is 31.4. The molecular formula is C54H38Si. The van der Waals surface area contributed by atoms with E-state index in [1.165, 1.54) is 86.4 Å². The summed E-state index contributed by atoms with van der Waals surface area (Å²) in [5.41, 5.74) is 7.46. The van der Waals surface area contributed by atoms with Crippen LogP contribution in [0.5, 0.6) is 0 Å². The Bertz CT molecular complexity index is 2810. The molecule has 258 valence electrons. The van der Waals surface area contributed by atoms with Crippen molar-refractivity contribution in [2.45, 2.75) is 0 Å². The lowest BCUT2D eigenvalue weighted by Gasteiger charge is -2.34. The smallest absolute Gasteiger partial charge is 0.0623 e. The molecule has 0 fully saturated rings. The molecule has 0 aliphatic rings. The van der Waals surface area contributed by atoms with E-state index in [-0.39, 0.29) is 0 Å². The highest BCUT2D eigenvalue weighted by atomic mass is 28.3. The maximum atomic E-state index is 2.51. The molecule has 0 aliphatic heterocycles. The highest BCUT2D eigenvalue weighted by Gasteiger charge is 2.41. The van der Waals surface area contributed by atoms with Crippen LogP contribution in [0, 0.1) is 0 Å². The van der Waals surface area contributed by atoms with E-state index in [4.69, 9.17) is 0 Å². The van der Waals surface area contributed by atoms with E-state index in [0.29, 0.717) is 0 Å². The fourth-order valence-electron chi connectivity index (χ4n) is 8.95. The summed E-state index contributed by atoms with van der Waals surface area (Å²) in [5.74, 6) is 0. The van der Waals surface area contributed by atoms with E-state index in [1.807, 2.05) is 0 Å². The summed E-state index contributed by atoms with van der Waals surface area (Å²) in [4.78, 5) is 0. The molecule has 55 heavy (non-hydrogen) atoms. The fourth-order valence-corrected chi connectivity index (χ4v) is 13.7. The molecule has 0 amide bonds. The lowest BCUT2D eigenvalue weighted by molar-refractivity contribution is 1.62. The molecule has 0 N–H and O–H groups in total. The summed E-state index contributed by atoms with van der Waals surface area (Å²) in [6, 6.07) is 85.6. The van der Waals surface area contributed by atoms with Gasteiger partial charge in [-0.05, 0) is 98.6 Å². The van der Waals surface area contributed by atoms with Crippen LogP contribution in [0.15, 0.2) is 231 Å². The van der Waals surface area contributed by atoms with Crippen molar-refractivity contribution in [3.8, 4) is 33.4 Å². The van der Waals surface area contributed by atoms with Gasteiger partial charge in [0.15, 0.2) is 8.07 Å². The first-order chi connectivity index (χ1) is 27.3. The molecule has 0 saturated heterocycles. The standard InChI is InChI=1S/C54H38Si/c1-4-23-45(24-5-1)55(46-25-6-2-7-26-46,47-27-8-3-9-28-47)48-29-17-22-44(38-48)54-51-32-14-12-30-49(51)53(50-31-13-15-33-52(50)54)43-21-16-20-41(37-43)42-35-34-39-18-10-11-19-40(39)36-42/h1-38H. The van der Waals surface area contributed by atoms with Crippen LogP contribution in [-0.4, -0.2) is 8.07 Å². The predicted octanol–water partition coefficient (Wildman–Crippen LogP) is 11.5. The minimum Gasteiger partial charge on any atom is -0.0623 e. The second-order valence-electron chi connectivity index (χ2n) is 14.4. The van der Waals surface area contributed by atoms with Crippen LogP contribution in [0.4, 0.5) is 0 Å². The number of fused-ring (bicyclic) bond motifs is 3. The largest absolute Gasteiger partial charge is 0.179 e. The zero-order chi connectivity index (χ0) is 36.6. The summed E-state index contributed by atoms with van der Waals surface area (Å²) in [5, 5.41) is 13.1. The Morgan fingerprint density at radius 2 is 0.600 bits per heavy atom. The summed E-state index contributed by atoms with van der Waals surface area (Å²) in [7, 11) is -2.72. The van der Waals surface area contributed by atoms with Crippen LogP contribution >= 0.6 is 0 Å². The van der Waals surface area contributed by atoms with Crippen molar-refractivity contribution >= 4 is 61.1 Å². The highest BCUT2D eigenvalue weighted by Crippen LogP contribution is 2.44. The quantitative estimate of drug-likeness (QED) is 0.0876. The first kappa shape index (κ1) is 32.8. The van der Waals surface area contributed by atoms with E-state index in [1.54, 1.807) is 0 Å². The monoisotopic (exact) mass is 714 g/mol. The Balaban J connectivity index is 1.21. The molecule has 0 radical (unpaired) electrons. The summed E-state index contributed by atoms with van der Waals surface area (Å²) >= 11 is 0. The molecule has 1 heteroatoms. The Morgan fingerprint density at radius 3 is 1.13 bits per heavy atom. The Hall–Kier alpha value is -6.80. The SMILES string of the molecule is c1ccc([Si](c2ccccc2)(c2ccccc2)c2cccc(-c3c4ccccc4c(-c4cccc(-c5ccc6ccccc6c5)c4)c4ccccc34)c2)cc1. The van der Waals surface area contributed by atoms with E-state index < -0.39 is 8.07 Å². The van der Waals surface area contributed by atoms with Crippen molar-refractivity contribution < 1.29 is 0 Å². The molecule has 0 aliphatic carbocycles. The van der Waals surface area contributed by atoms with Crippen molar-refractivity contribution in [3.63, 3.8) is 0 Å². The molecule has 0 heterocycles. The molecule has 10 aromatic carbocycles. The minimum absolute atomic E-state index is 1.22. The molecule has 10 rings (SSSR count). The Morgan fingerprint density at radius 1 is 0.218 bits per heavy atom.